The van der Waals surface area contributed by atoms with Crippen LogP contribution in [0.3, 0.4) is 0 Å². The molecule has 0 aliphatic carbocycles. The van der Waals surface area contributed by atoms with Crippen LogP contribution < -0.4 is 5.32 Å². The fraction of sp³-hybridized carbons (Fsp3) is 0.647. The highest BCUT2D eigenvalue weighted by Gasteiger charge is 2.20. The van der Waals surface area contributed by atoms with Gasteiger partial charge in [0.15, 0.2) is 0 Å². The van der Waals surface area contributed by atoms with Crippen LogP contribution in [0.1, 0.15) is 44.2 Å². The first-order chi connectivity index (χ1) is 9.31. The van der Waals surface area contributed by atoms with Crippen LogP contribution in [0.2, 0.25) is 0 Å². The number of hydrogen-bond acceptors (Lipinski definition) is 2. The summed E-state index contributed by atoms with van der Waals surface area (Å²) in [5.41, 5.74) is 3.04. The Morgan fingerprint density at radius 2 is 2.00 bits per heavy atom. The summed E-state index contributed by atoms with van der Waals surface area (Å²) in [5.74, 6) is 0. The topological polar surface area (TPSA) is 15.3 Å². The van der Waals surface area contributed by atoms with Gasteiger partial charge in [0.2, 0.25) is 0 Å². The average Bonchev–Trinajstić information content (AvgIpc) is 2.82. The van der Waals surface area contributed by atoms with Crippen LogP contribution in [-0.2, 0) is 13.0 Å². The summed E-state index contributed by atoms with van der Waals surface area (Å²) in [6, 6.07) is 9.71. The van der Waals surface area contributed by atoms with Gasteiger partial charge in [0, 0.05) is 12.6 Å². The van der Waals surface area contributed by atoms with E-state index in [2.05, 4.69) is 48.3 Å². The van der Waals surface area contributed by atoms with Gasteiger partial charge in [0.05, 0.1) is 0 Å². The second kappa shape index (κ2) is 7.66. The van der Waals surface area contributed by atoms with E-state index in [-0.39, 0.29) is 0 Å². The highest BCUT2D eigenvalue weighted by molar-refractivity contribution is 5.27. The summed E-state index contributed by atoms with van der Waals surface area (Å²) in [6.07, 6.45) is 5.09. The predicted molar refractivity (Wildman–Crippen MR) is 82.4 cm³/mol. The van der Waals surface area contributed by atoms with E-state index >= 15 is 0 Å². The van der Waals surface area contributed by atoms with Gasteiger partial charge in [-0.15, -0.1) is 0 Å². The molecule has 1 heterocycles. The minimum Gasteiger partial charge on any atom is -0.316 e. The molecule has 0 saturated carbocycles. The molecule has 2 nitrogen and oxygen atoms in total. The molecule has 2 heteroatoms. The molecule has 1 aliphatic rings. The number of nitrogens with zero attached hydrogens (tertiary/aromatic N) is 1. The van der Waals surface area contributed by atoms with Crippen molar-refractivity contribution in [1.29, 1.82) is 0 Å². The van der Waals surface area contributed by atoms with Gasteiger partial charge in [-0.1, -0.05) is 31.2 Å². The molecule has 1 saturated heterocycles. The molecule has 0 spiro atoms. The van der Waals surface area contributed by atoms with E-state index < -0.39 is 0 Å². The number of nitrogens with one attached hydrogen (secondary N) is 1. The summed E-state index contributed by atoms with van der Waals surface area (Å²) >= 11 is 0. The van der Waals surface area contributed by atoms with Gasteiger partial charge in [-0.05, 0) is 63.4 Å². The Morgan fingerprint density at radius 1 is 1.21 bits per heavy atom. The van der Waals surface area contributed by atoms with Crippen molar-refractivity contribution in [2.24, 2.45) is 0 Å². The van der Waals surface area contributed by atoms with Crippen molar-refractivity contribution in [2.45, 2.75) is 52.1 Å². The van der Waals surface area contributed by atoms with Gasteiger partial charge in [-0.2, -0.15) is 0 Å². The van der Waals surface area contributed by atoms with E-state index in [9.17, 15) is 0 Å². The Morgan fingerprint density at radius 3 is 2.68 bits per heavy atom. The summed E-state index contributed by atoms with van der Waals surface area (Å²) in [7, 11) is 0. The average molecular weight is 260 g/mol. The first-order valence-corrected chi connectivity index (χ1v) is 7.82. The molecule has 1 aliphatic heterocycles. The van der Waals surface area contributed by atoms with E-state index in [0.29, 0.717) is 0 Å². The van der Waals surface area contributed by atoms with Gasteiger partial charge in [0.1, 0.15) is 0 Å². The lowest BCUT2D eigenvalue weighted by atomic mass is 10.0. The van der Waals surface area contributed by atoms with Crippen molar-refractivity contribution in [3.05, 3.63) is 35.4 Å². The third-order valence-electron chi connectivity index (χ3n) is 4.18. The molecule has 0 radical (unpaired) electrons. The van der Waals surface area contributed by atoms with Gasteiger partial charge < -0.3 is 5.32 Å². The molecule has 1 aromatic carbocycles. The van der Waals surface area contributed by atoms with Crippen molar-refractivity contribution in [1.82, 2.24) is 10.2 Å². The van der Waals surface area contributed by atoms with Crippen LogP contribution in [0.25, 0.3) is 0 Å². The fourth-order valence-corrected chi connectivity index (χ4v) is 2.93. The quantitative estimate of drug-likeness (QED) is 0.757. The Balaban J connectivity index is 1.91. The lowest BCUT2D eigenvalue weighted by Gasteiger charge is -2.22. The maximum atomic E-state index is 3.50. The summed E-state index contributed by atoms with van der Waals surface area (Å²) < 4.78 is 0. The maximum Gasteiger partial charge on any atom is 0.0239 e. The number of hydrogen-bond donors (Lipinski definition) is 1. The van der Waals surface area contributed by atoms with Gasteiger partial charge in [0.25, 0.3) is 0 Å². The van der Waals surface area contributed by atoms with Gasteiger partial charge in [-0.3, -0.25) is 4.90 Å². The standard InChI is InChI=1S/C17H28N2/c1-3-11-18-12-10-16-8-4-5-9-17(16)14-19-13-6-7-15(19)2/h4-5,8-9,15,18H,3,6-7,10-14H2,1-2H3. The Kier molecular flexibility index (Phi) is 5.87. The van der Waals surface area contributed by atoms with Crippen molar-refractivity contribution in [3.8, 4) is 0 Å². The summed E-state index contributed by atoms with van der Waals surface area (Å²) in [6.45, 7) is 9.20. The third kappa shape index (κ3) is 4.32. The lowest BCUT2D eigenvalue weighted by molar-refractivity contribution is 0.259. The molecule has 19 heavy (non-hydrogen) atoms. The molecule has 1 atom stereocenters. The molecule has 1 unspecified atom stereocenters. The maximum absolute atomic E-state index is 3.50. The molecular formula is C17H28N2. The molecule has 2 rings (SSSR count). The molecule has 1 fully saturated rings. The normalized spacial score (nSPS) is 20.0. The van der Waals surface area contributed by atoms with Crippen LogP contribution in [0, 0.1) is 0 Å². The molecule has 0 bridgehead atoms. The zero-order valence-corrected chi connectivity index (χ0v) is 12.5. The monoisotopic (exact) mass is 260 g/mol. The fourth-order valence-electron chi connectivity index (χ4n) is 2.93. The molecular weight excluding hydrogens is 232 g/mol. The number of likely N-dealkylation sites (tertiary alicyclic amines) is 1. The van der Waals surface area contributed by atoms with E-state index in [1.54, 1.807) is 0 Å². The minimum atomic E-state index is 0.756. The Hall–Kier alpha value is -0.860. The van der Waals surface area contributed by atoms with Crippen LogP contribution >= 0.6 is 0 Å². The SMILES string of the molecule is CCCNCCc1ccccc1CN1CCCC1C. The van der Waals surface area contributed by atoms with E-state index in [1.807, 2.05) is 0 Å². The van der Waals surface area contributed by atoms with Crippen LogP contribution in [-0.4, -0.2) is 30.6 Å². The second-order valence-electron chi connectivity index (χ2n) is 5.73. The van der Waals surface area contributed by atoms with E-state index in [0.717, 1.165) is 32.1 Å². The minimum absolute atomic E-state index is 0.756. The van der Waals surface area contributed by atoms with Crippen molar-refractivity contribution >= 4 is 0 Å². The highest BCUT2D eigenvalue weighted by atomic mass is 15.2. The van der Waals surface area contributed by atoms with Crippen LogP contribution in [0.5, 0.6) is 0 Å². The van der Waals surface area contributed by atoms with Gasteiger partial charge in [-0.25, -0.2) is 0 Å². The van der Waals surface area contributed by atoms with Crippen molar-refractivity contribution in [3.63, 3.8) is 0 Å². The Bertz CT molecular complexity index is 375. The summed E-state index contributed by atoms with van der Waals surface area (Å²) in [5, 5.41) is 3.50. The molecule has 106 valence electrons. The van der Waals surface area contributed by atoms with E-state index in [4.69, 9.17) is 0 Å². The van der Waals surface area contributed by atoms with E-state index in [1.165, 1.54) is 36.9 Å². The zero-order chi connectivity index (χ0) is 13.5. The summed E-state index contributed by atoms with van der Waals surface area (Å²) in [4.78, 5) is 2.62. The van der Waals surface area contributed by atoms with Crippen LogP contribution in [0.4, 0.5) is 0 Å². The highest BCUT2D eigenvalue weighted by Crippen LogP contribution is 2.21. The first-order valence-electron chi connectivity index (χ1n) is 7.82. The second-order valence-corrected chi connectivity index (χ2v) is 5.73. The lowest BCUT2D eigenvalue weighted by Crippen LogP contribution is -2.27. The zero-order valence-electron chi connectivity index (χ0n) is 12.5. The first kappa shape index (κ1) is 14.5. The van der Waals surface area contributed by atoms with Crippen molar-refractivity contribution < 1.29 is 0 Å². The Labute approximate surface area is 118 Å². The predicted octanol–water partition coefficient (Wildman–Crippen LogP) is 3.21. The largest absolute Gasteiger partial charge is 0.316 e. The molecule has 1 aromatic rings. The smallest absolute Gasteiger partial charge is 0.0239 e. The van der Waals surface area contributed by atoms with Crippen LogP contribution in [0.15, 0.2) is 24.3 Å². The van der Waals surface area contributed by atoms with Crippen molar-refractivity contribution in [2.75, 3.05) is 19.6 Å². The molecule has 0 aromatic heterocycles. The molecule has 1 N–H and O–H groups in total. The van der Waals surface area contributed by atoms with Gasteiger partial charge >= 0.3 is 0 Å². The number of benzene rings is 1. The number of rotatable bonds is 7. The third-order valence-corrected chi connectivity index (χ3v) is 4.18. The molecule has 0 amide bonds.